The molecule has 1 aromatic carbocycles. The summed E-state index contributed by atoms with van der Waals surface area (Å²) in [6, 6.07) is 9.82. The molecule has 2 aromatic rings. The van der Waals surface area contributed by atoms with E-state index in [4.69, 9.17) is 10.3 Å². The van der Waals surface area contributed by atoms with Gasteiger partial charge in [-0.1, -0.05) is 35.5 Å². The zero-order valence-corrected chi connectivity index (χ0v) is 9.60. The first-order valence-corrected chi connectivity index (χ1v) is 5.92. The number of benzene rings is 1. The van der Waals surface area contributed by atoms with E-state index in [0.717, 1.165) is 18.4 Å². The van der Waals surface area contributed by atoms with Crippen LogP contribution in [-0.2, 0) is 6.42 Å². The summed E-state index contributed by atoms with van der Waals surface area (Å²) < 4.78 is 5.25. The van der Waals surface area contributed by atoms with Crippen molar-refractivity contribution in [3.63, 3.8) is 0 Å². The van der Waals surface area contributed by atoms with Crippen molar-refractivity contribution in [3.05, 3.63) is 36.2 Å². The molecule has 0 spiro atoms. The number of hydrogen-bond acceptors (Lipinski definition) is 4. The van der Waals surface area contributed by atoms with E-state index in [2.05, 4.69) is 10.1 Å². The van der Waals surface area contributed by atoms with Crippen LogP contribution in [0.5, 0.6) is 0 Å². The number of hydrogen-bond donors (Lipinski definition) is 1. The van der Waals surface area contributed by atoms with E-state index < -0.39 is 0 Å². The maximum atomic E-state index is 6.16. The predicted octanol–water partition coefficient (Wildman–Crippen LogP) is 2.16. The lowest BCUT2D eigenvalue weighted by molar-refractivity contribution is 0.222. The fourth-order valence-electron chi connectivity index (χ4n) is 2.14. The molecular weight excluding hydrogens is 214 g/mol. The Hall–Kier alpha value is -1.68. The molecule has 4 heteroatoms. The molecular formula is C13H15N3O. The fourth-order valence-corrected chi connectivity index (χ4v) is 2.14. The third-order valence-corrected chi connectivity index (χ3v) is 3.35. The third kappa shape index (κ3) is 2.08. The highest BCUT2D eigenvalue weighted by atomic mass is 16.5. The summed E-state index contributed by atoms with van der Waals surface area (Å²) >= 11 is 0. The molecule has 0 atom stereocenters. The Kier molecular flexibility index (Phi) is 2.44. The van der Waals surface area contributed by atoms with Gasteiger partial charge in [0.15, 0.2) is 0 Å². The van der Waals surface area contributed by atoms with E-state index in [1.54, 1.807) is 0 Å². The maximum Gasteiger partial charge on any atom is 0.228 e. The fraction of sp³-hybridized carbons (Fsp3) is 0.385. The molecule has 4 nitrogen and oxygen atoms in total. The minimum absolute atomic E-state index is 0.111. The van der Waals surface area contributed by atoms with Crippen LogP contribution >= 0.6 is 0 Å². The summed E-state index contributed by atoms with van der Waals surface area (Å²) in [6.07, 6.45) is 4.00. The Morgan fingerprint density at radius 2 is 2.00 bits per heavy atom. The zero-order chi connectivity index (χ0) is 11.7. The van der Waals surface area contributed by atoms with Gasteiger partial charge in [-0.15, -0.1) is 0 Å². The third-order valence-electron chi connectivity index (χ3n) is 3.35. The van der Waals surface area contributed by atoms with E-state index in [0.29, 0.717) is 18.1 Å². The molecule has 1 aromatic heterocycles. The van der Waals surface area contributed by atoms with Gasteiger partial charge in [0.2, 0.25) is 11.7 Å². The Morgan fingerprint density at radius 1 is 1.24 bits per heavy atom. The van der Waals surface area contributed by atoms with Gasteiger partial charge in [-0.2, -0.15) is 4.98 Å². The number of rotatable bonds is 3. The van der Waals surface area contributed by atoms with Gasteiger partial charge >= 0.3 is 0 Å². The van der Waals surface area contributed by atoms with Crippen LogP contribution in [0.15, 0.2) is 34.9 Å². The standard InChI is InChI=1S/C13H15N3O/c14-13(7-4-8-13)9-11-15-12(16-17-11)10-5-2-1-3-6-10/h1-3,5-6H,4,7-9,14H2. The maximum absolute atomic E-state index is 6.16. The van der Waals surface area contributed by atoms with Gasteiger partial charge in [-0.3, -0.25) is 0 Å². The molecule has 1 aliphatic carbocycles. The summed E-state index contributed by atoms with van der Waals surface area (Å²) in [7, 11) is 0. The van der Waals surface area contributed by atoms with Crippen LogP contribution in [0.1, 0.15) is 25.2 Å². The Labute approximate surface area is 99.8 Å². The van der Waals surface area contributed by atoms with Gasteiger partial charge in [0.25, 0.3) is 0 Å². The summed E-state index contributed by atoms with van der Waals surface area (Å²) in [5.41, 5.74) is 7.02. The minimum Gasteiger partial charge on any atom is -0.339 e. The second kappa shape index (κ2) is 3.96. The van der Waals surface area contributed by atoms with Gasteiger partial charge in [0.1, 0.15) is 0 Å². The smallest absolute Gasteiger partial charge is 0.228 e. The van der Waals surface area contributed by atoms with Gasteiger partial charge < -0.3 is 10.3 Å². The van der Waals surface area contributed by atoms with Crippen LogP contribution < -0.4 is 5.73 Å². The van der Waals surface area contributed by atoms with Gasteiger partial charge in [-0.05, 0) is 19.3 Å². The van der Waals surface area contributed by atoms with Crippen molar-refractivity contribution in [1.29, 1.82) is 0 Å². The zero-order valence-electron chi connectivity index (χ0n) is 9.60. The summed E-state index contributed by atoms with van der Waals surface area (Å²) in [6.45, 7) is 0. The van der Waals surface area contributed by atoms with Crippen molar-refractivity contribution in [1.82, 2.24) is 10.1 Å². The first-order valence-electron chi connectivity index (χ1n) is 5.92. The van der Waals surface area contributed by atoms with Crippen LogP contribution in [0.25, 0.3) is 11.4 Å². The molecule has 1 fully saturated rings. The van der Waals surface area contributed by atoms with Crippen LogP contribution in [0.4, 0.5) is 0 Å². The van der Waals surface area contributed by atoms with Crippen molar-refractivity contribution < 1.29 is 4.52 Å². The van der Waals surface area contributed by atoms with E-state index in [9.17, 15) is 0 Å². The first-order chi connectivity index (χ1) is 8.25. The average Bonchev–Trinajstić information content (AvgIpc) is 2.77. The van der Waals surface area contributed by atoms with E-state index >= 15 is 0 Å². The second-order valence-corrected chi connectivity index (χ2v) is 4.77. The molecule has 88 valence electrons. The quantitative estimate of drug-likeness (QED) is 0.875. The van der Waals surface area contributed by atoms with E-state index in [1.807, 2.05) is 30.3 Å². The monoisotopic (exact) mass is 229 g/mol. The first kappa shape index (κ1) is 10.5. The molecule has 0 radical (unpaired) electrons. The molecule has 1 heterocycles. The highest BCUT2D eigenvalue weighted by Crippen LogP contribution is 2.32. The van der Waals surface area contributed by atoms with Crippen molar-refractivity contribution in [2.24, 2.45) is 5.73 Å². The molecule has 1 saturated carbocycles. The number of aromatic nitrogens is 2. The van der Waals surface area contributed by atoms with Crippen molar-refractivity contribution in [3.8, 4) is 11.4 Å². The van der Waals surface area contributed by atoms with Crippen LogP contribution in [0.2, 0.25) is 0 Å². The Balaban J connectivity index is 1.79. The van der Waals surface area contributed by atoms with Crippen molar-refractivity contribution in [2.75, 3.05) is 0 Å². The molecule has 0 amide bonds. The lowest BCUT2D eigenvalue weighted by Gasteiger charge is -2.36. The Bertz CT molecular complexity index is 502. The molecule has 3 rings (SSSR count). The Morgan fingerprint density at radius 3 is 2.65 bits per heavy atom. The lowest BCUT2D eigenvalue weighted by atomic mass is 9.75. The van der Waals surface area contributed by atoms with Crippen LogP contribution in [0.3, 0.4) is 0 Å². The predicted molar refractivity (Wildman–Crippen MR) is 64.2 cm³/mol. The summed E-state index contributed by atoms with van der Waals surface area (Å²) in [4.78, 5) is 4.39. The van der Waals surface area contributed by atoms with E-state index in [1.165, 1.54) is 6.42 Å². The van der Waals surface area contributed by atoms with E-state index in [-0.39, 0.29) is 5.54 Å². The van der Waals surface area contributed by atoms with Gasteiger partial charge in [0.05, 0.1) is 0 Å². The van der Waals surface area contributed by atoms with Gasteiger partial charge in [-0.25, -0.2) is 0 Å². The minimum atomic E-state index is -0.111. The summed E-state index contributed by atoms with van der Waals surface area (Å²) in [5, 5.41) is 3.99. The second-order valence-electron chi connectivity index (χ2n) is 4.77. The molecule has 2 N–H and O–H groups in total. The van der Waals surface area contributed by atoms with Gasteiger partial charge in [0, 0.05) is 17.5 Å². The molecule has 17 heavy (non-hydrogen) atoms. The van der Waals surface area contributed by atoms with Crippen molar-refractivity contribution in [2.45, 2.75) is 31.2 Å². The molecule has 1 aliphatic rings. The average molecular weight is 229 g/mol. The van der Waals surface area contributed by atoms with Crippen LogP contribution in [-0.4, -0.2) is 15.7 Å². The van der Waals surface area contributed by atoms with Crippen LogP contribution in [0, 0.1) is 0 Å². The normalized spacial score (nSPS) is 17.7. The molecule has 0 aliphatic heterocycles. The molecule has 0 saturated heterocycles. The number of nitrogens with zero attached hydrogens (tertiary/aromatic N) is 2. The lowest BCUT2D eigenvalue weighted by Crippen LogP contribution is -2.48. The number of nitrogens with two attached hydrogens (primary N) is 1. The van der Waals surface area contributed by atoms with Crippen molar-refractivity contribution >= 4 is 0 Å². The SMILES string of the molecule is NC1(Cc2nc(-c3ccccc3)no2)CCC1. The summed E-state index contributed by atoms with van der Waals surface area (Å²) in [5.74, 6) is 1.29. The highest BCUT2D eigenvalue weighted by molar-refractivity contribution is 5.53. The largest absolute Gasteiger partial charge is 0.339 e. The molecule has 0 bridgehead atoms. The molecule has 0 unspecified atom stereocenters. The topological polar surface area (TPSA) is 64.9 Å². The highest BCUT2D eigenvalue weighted by Gasteiger charge is 2.34.